The molecule has 0 fully saturated rings. The maximum atomic E-state index is 5.08. The van der Waals surface area contributed by atoms with Crippen molar-refractivity contribution in [1.82, 2.24) is 24.7 Å². The van der Waals surface area contributed by atoms with Crippen LogP contribution in [0.3, 0.4) is 0 Å². The Hall–Kier alpha value is -3.02. The number of hydrogen-bond donors (Lipinski definition) is 0. The molecule has 0 aliphatic heterocycles. The summed E-state index contributed by atoms with van der Waals surface area (Å²) in [7, 11) is 0. The number of nitrogens with zero attached hydrogens (tertiary/aromatic N) is 5. The van der Waals surface area contributed by atoms with Gasteiger partial charge in [-0.3, -0.25) is 0 Å². The molecule has 0 aliphatic rings. The van der Waals surface area contributed by atoms with E-state index in [0.717, 1.165) is 28.2 Å². The average Bonchev–Trinajstić information content (AvgIpc) is 3.10. The van der Waals surface area contributed by atoms with Crippen molar-refractivity contribution in [2.45, 2.75) is 13.8 Å². The molecule has 0 radical (unpaired) electrons. The monoisotopic (exact) mass is 291 g/mol. The van der Waals surface area contributed by atoms with Crippen LogP contribution in [-0.2, 0) is 0 Å². The van der Waals surface area contributed by atoms with Gasteiger partial charge in [-0.15, -0.1) is 0 Å². The number of aryl methyl sites for hydroxylation is 2. The Balaban J connectivity index is 2.00. The molecule has 0 N–H and O–H groups in total. The summed E-state index contributed by atoms with van der Waals surface area (Å²) in [5, 5.41) is 8.60. The van der Waals surface area contributed by atoms with E-state index in [-0.39, 0.29) is 0 Å². The Bertz CT molecular complexity index is 955. The second-order valence-corrected chi connectivity index (χ2v) is 5.03. The molecule has 3 heterocycles. The van der Waals surface area contributed by atoms with E-state index in [9.17, 15) is 0 Å². The fraction of sp³-hybridized carbons (Fsp3) is 0.125. The summed E-state index contributed by atoms with van der Waals surface area (Å²) < 4.78 is 6.91. The van der Waals surface area contributed by atoms with Crippen molar-refractivity contribution in [3.63, 3.8) is 0 Å². The second kappa shape index (κ2) is 4.77. The lowest BCUT2D eigenvalue weighted by molar-refractivity contribution is 0.394. The molecule has 22 heavy (non-hydrogen) atoms. The molecule has 0 unspecified atom stereocenters. The SMILES string of the molecule is Cc1nc(-c2c(C)nn3c(-c4ccccc4)ccnc23)no1. The van der Waals surface area contributed by atoms with Crippen LogP contribution in [0.1, 0.15) is 11.6 Å². The van der Waals surface area contributed by atoms with E-state index in [4.69, 9.17) is 4.52 Å². The van der Waals surface area contributed by atoms with Crippen LogP contribution in [0.2, 0.25) is 0 Å². The average molecular weight is 291 g/mol. The molecule has 0 atom stereocenters. The van der Waals surface area contributed by atoms with Crippen molar-refractivity contribution in [2.75, 3.05) is 0 Å². The van der Waals surface area contributed by atoms with E-state index in [2.05, 4.69) is 20.2 Å². The third-order valence-corrected chi connectivity index (χ3v) is 3.51. The Morgan fingerprint density at radius 3 is 2.59 bits per heavy atom. The summed E-state index contributed by atoms with van der Waals surface area (Å²) in [6, 6.07) is 12.0. The van der Waals surface area contributed by atoms with Gasteiger partial charge in [0.15, 0.2) is 5.65 Å². The fourth-order valence-electron chi connectivity index (χ4n) is 2.54. The summed E-state index contributed by atoms with van der Waals surface area (Å²) >= 11 is 0. The molecule has 0 saturated heterocycles. The molecule has 0 spiro atoms. The quantitative estimate of drug-likeness (QED) is 0.567. The summed E-state index contributed by atoms with van der Waals surface area (Å²) in [6.07, 6.45) is 1.77. The minimum Gasteiger partial charge on any atom is -0.339 e. The van der Waals surface area contributed by atoms with Crippen LogP contribution in [0.5, 0.6) is 0 Å². The smallest absolute Gasteiger partial charge is 0.223 e. The highest BCUT2D eigenvalue weighted by atomic mass is 16.5. The lowest BCUT2D eigenvalue weighted by Crippen LogP contribution is -1.95. The van der Waals surface area contributed by atoms with Gasteiger partial charge in [0, 0.05) is 18.7 Å². The summed E-state index contributed by atoms with van der Waals surface area (Å²) in [6.45, 7) is 3.69. The van der Waals surface area contributed by atoms with Crippen molar-refractivity contribution in [1.29, 1.82) is 0 Å². The normalized spacial score (nSPS) is 11.2. The standard InChI is InChI=1S/C16H13N5O/c1-10-14(15-18-11(2)22-20-15)16-17-9-8-13(21(16)19-10)12-6-4-3-5-7-12/h3-9H,1-2H3. The van der Waals surface area contributed by atoms with Crippen molar-refractivity contribution >= 4 is 5.65 Å². The van der Waals surface area contributed by atoms with E-state index in [0.29, 0.717) is 11.7 Å². The molecule has 0 bridgehead atoms. The molecule has 108 valence electrons. The van der Waals surface area contributed by atoms with Crippen molar-refractivity contribution in [2.24, 2.45) is 0 Å². The topological polar surface area (TPSA) is 69.1 Å². The van der Waals surface area contributed by atoms with Crippen LogP contribution >= 0.6 is 0 Å². The van der Waals surface area contributed by atoms with Crippen LogP contribution in [0.25, 0.3) is 28.3 Å². The molecule has 3 aromatic heterocycles. The largest absolute Gasteiger partial charge is 0.339 e. The Labute approximate surface area is 126 Å². The lowest BCUT2D eigenvalue weighted by Gasteiger charge is -2.04. The molecular formula is C16H13N5O. The molecule has 0 amide bonds. The van der Waals surface area contributed by atoms with Crippen LogP contribution in [0.15, 0.2) is 47.1 Å². The highest BCUT2D eigenvalue weighted by Gasteiger charge is 2.19. The first kappa shape index (κ1) is 12.7. The van der Waals surface area contributed by atoms with Crippen molar-refractivity contribution in [3.05, 3.63) is 54.2 Å². The zero-order valence-corrected chi connectivity index (χ0v) is 12.2. The zero-order chi connectivity index (χ0) is 15.1. The van der Waals surface area contributed by atoms with E-state index in [1.165, 1.54) is 0 Å². The van der Waals surface area contributed by atoms with Gasteiger partial charge in [-0.05, 0) is 13.0 Å². The van der Waals surface area contributed by atoms with E-state index >= 15 is 0 Å². The predicted octanol–water partition coefficient (Wildman–Crippen LogP) is 3.06. The third kappa shape index (κ3) is 1.88. The van der Waals surface area contributed by atoms with E-state index < -0.39 is 0 Å². The van der Waals surface area contributed by atoms with Crippen LogP contribution in [-0.4, -0.2) is 24.7 Å². The van der Waals surface area contributed by atoms with Gasteiger partial charge in [0.25, 0.3) is 0 Å². The summed E-state index contributed by atoms with van der Waals surface area (Å²) in [5.74, 6) is 1.04. The van der Waals surface area contributed by atoms with Gasteiger partial charge in [0.05, 0.1) is 17.0 Å². The first-order valence-corrected chi connectivity index (χ1v) is 6.94. The number of hydrogen-bond acceptors (Lipinski definition) is 5. The second-order valence-electron chi connectivity index (χ2n) is 5.03. The fourth-order valence-corrected chi connectivity index (χ4v) is 2.54. The predicted molar refractivity (Wildman–Crippen MR) is 81.2 cm³/mol. The summed E-state index contributed by atoms with van der Waals surface area (Å²) in [4.78, 5) is 8.75. The van der Waals surface area contributed by atoms with Gasteiger partial charge in [-0.2, -0.15) is 10.1 Å². The molecule has 0 aliphatic carbocycles. The number of rotatable bonds is 2. The number of fused-ring (bicyclic) bond motifs is 1. The van der Waals surface area contributed by atoms with Gasteiger partial charge in [0.1, 0.15) is 0 Å². The highest BCUT2D eigenvalue weighted by molar-refractivity contribution is 5.77. The first-order chi connectivity index (χ1) is 10.7. The van der Waals surface area contributed by atoms with Gasteiger partial charge >= 0.3 is 0 Å². The third-order valence-electron chi connectivity index (χ3n) is 3.51. The molecule has 6 nitrogen and oxygen atoms in total. The Morgan fingerprint density at radius 1 is 1.05 bits per heavy atom. The number of aromatic nitrogens is 5. The highest BCUT2D eigenvalue weighted by Crippen LogP contribution is 2.28. The van der Waals surface area contributed by atoms with Gasteiger partial charge in [-0.25, -0.2) is 9.50 Å². The zero-order valence-electron chi connectivity index (χ0n) is 12.2. The maximum Gasteiger partial charge on any atom is 0.223 e. The van der Waals surface area contributed by atoms with Crippen LogP contribution in [0.4, 0.5) is 0 Å². The van der Waals surface area contributed by atoms with Crippen molar-refractivity contribution < 1.29 is 4.52 Å². The Kier molecular flexibility index (Phi) is 2.75. The van der Waals surface area contributed by atoms with E-state index in [1.54, 1.807) is 13.1 Å². The molecule has 6 heteroatoms. The van der Waals surface area contributed by atoms with Gasteiger partial charge in [-0.1, -0.05) is 35.5 Å². The van der Waals surface area contributed by atoms with Gasteiger partial charge in [0.2, 0.25) is 11.7 Å². The molecule has 1 aromatic carbocycles. The van der Waals surface area contributed by atoms with Crippen LogP contribution in [0, 0.1) is 13.8 Å². The number of benzene rings is 1. The molecule has 0 saturated carbocycles. The van der Waals surface area contributed by atoms with E-state index in [1.807, 2.05) is 47.8 Å². The first-order valence-electron chi connectivity index (χ1n) is 6.94. The van der Waals surface area contributed by atoms with Crippen molar-refractivity contribution in [3.8, 4) is 22.6 Å². The lowest BCUT2D eigenvalue weighted by atomic mass is 10.1. The minimum absolute atomic E-state index is 0.516. The minimum atomic E-state index is 0.516. The van der Waals surface area contributed by atoms with Crippen LogP contribution < -0.4 is 0 Å². The molecule has 4 aromatic rings. The van der Waals surface area contributed by atoms with Gasteiger partial charge < -0.3 is 4.52 Å². The Morgan fingerprint density at radius 2 is 1.86 bits per heavy atom. The molecular weight excluding hydrogens is 278 g/mol. The molecule has 4 rings (SSSR count). The summed E-state index contributed by atoms with van der Waals surface area (Å²) in [5.41, 5.74) is 4.39. The maximum absolute atomic E-state index is 5.08.